The van der Waals surface area contributed by atoms with Gasteiger partial charge in [0, 0.05) is 10.8 Å². The molecule has 24 heavy (non-hydrogen) atoms. The van der Waals surface area contributed by atoms with E-state index in [4.69, 9.17) is 4.74 Å². The zero-order valence-corrected chi connectivity index (χ0v) is 15.3. The number of carbonyl (C=O) groups is 1. The number of amides is 1. The highest BCUT2D eigenvalue weighted by atomic mass is 32.1. The summed E-state index contributed by atoms with van der Waals surface area (Å²) in [4.78, 5) is 17.1. The molecule has 128 valence electrons. The minimum atomic E-state index is -0.113. The third-order valence-corrected chi connectivity index (χ3v) is 5.05. The quantitative estimate of drug-likeness (QED) is 0.880. The van der Waals surface area contributed by atoms with E-state index in [1.807, 2.05) is 24.3 Å². The van der Waals surface area contributed by atoms with Gasteiger partial charge in [0.25, 0.3) is 5.91 Å². The van der Waals surface area contributed by atoms with Crippen LogP contribution in [0.4, 0.5) is 0 Å². The number of para-hydroxylation sites is 1. The number of aromatic nitrogens is 1. The van der Waals surface area contributed by atoms with Crippen molar-refractivity contribution in [1.29, 1.82) is 0 Å². The molecule has 1 aliphatic carbocycles. The summed E-state index contributed by atoms with van der Waals surface area (Å²) < 4.78 is 5.93. The summed E-state index contributed by atoms with van der Waals surface area (Å²) in [5.74, 6) is 0.562. The van der Waals surface area contributed by atoms with E-state index in [0.29, 0.717) is 17.9 Å². The first-order valence-corrected chi connectivity index (χ1v) is 9.30. The number of thiazole rings is 1. The Hall–Kier alpha value is -1.88. The molecule has 1 aliphatic rings. The number of nitrogens with one attached hydrogen (secondary N) is 1. The van der Waals surface area contributed by atoms with Gasteiger partial charge in [0.2, 0.25) is 0 Å². The van der Waals surface area contributed by atoms with Gasteiger partial charge in [-0.25, -0.2) is 4.98 Å². The molecule has 2 aromatic rings. The third kappa shape index (κ3) is 3.96. The van der Waals surface area contributed by atoms with Crippen molar-refractivity contribution < 1.29 is 9.53 Å². The molecule has 1 aromatic carbocycles. The number of ether oxygens (including phenoxy) is 1. The molecular weight excluding hydrogens is 320 g/mol. The lowest BCUT2D eigenvalue weighted by Gasteiger charge is -2.27. The van der Waals surface area contributed by atoms with Crippen molar-refractivity contribution in [2.45, 2.75) is 58.1 Å². The van der Waals surface area contributed by atoms with Gasteiger partial charge in [0.1, 0.15) is 10.8 Å². The summed E-state index contributed by atoms with van der Waals surface area (Å²) in [6, 6.07) is 7.45. The fraction of sp³-hybridized carbons (Fsp3) is 0.474. The Labute approximate surface area is 147 Å². The van der Waals surface area contributed by atoms with Gasteiger partial charge in [-0.2, -0.15) is 0 Å². The number of hydrogen-bond donors (Lipinski definition) is 1. The van der Waals surface area contributed by atoms with Crippen LogP contribution in [-0.4, -0.2) is 17.0 Å². The maximum absolute atomic E-state index is 12.5. The smallest absolute Gasteiger partial charge is 0.255 e. The van der Waals surface area contributed by atoms with E-state index < -0.39 is 0 Å². The van der Waals surface area contributed by atoms with Gasteiger partial charge in [0.15, 0.2) is 0 Å². The predicted octanol–water partition coefficient (Wildman–Crippen LogP) is 4.30. The summed E-state index contributed by atoms with van der Waals surface area (Å²) in [5, 5.41) is 5.95. The van der Waals surface area contributed by atoms with Gasteiger partial charge in [0.05, 0.1) is 23.9 Å². The Bertz CT molecular complexity index is 714. The number of rotatable bonds is 5. The molecule has 1 amide bonds. The number of nitrogens with zero attached hydrogens (tertiary/aromatic N) is 1. The summed E-state index contributed by atoms with van der Waals surface area (Å²) in [5.41, 5.74) is 1.68. The van der Waals surface area contributed by atoms with Crippen molar-refractivity contribution in [3.05, 3.63) is 45.9 Å². The van der Waals surface area contributed by atoms with Crippen LogP contribution in [0.3, 0.4) is 0 Å². The van der Waals surface area contributed by atoms with E-state index in [0.717, 1.165) is 23.5 Å². The first-order valence-electron chi connectivity index (χ1n) is 8.42. The van der Waals surface area contributed by atoms with Crippen LogP contribution in [0, 0.1) is 0 Å². The number of hydrogen-bond acceptors (Lipinski definition) is 4. The highest BCUT2D eigenvalue weighted by molar-refractivity contribution is 7.09. The van der Waals surface area contributed by atoms with Crippen LogP contribution in [0.5, 0.6) is 5.75 Å². The van der Waals surface area contributed by atoms with E-state index in [9.17, 15) is 4.79 Å². The van der Waals surface area contributed by atoms with Crippen LogP contribution in [-0.2, 0) is 12.0 Å². The summed E-state index contributed by atoms with van der Waals surface area (Å²) in [6.07, 6.45) is 3.61. The van der Waals surface area contributed by atoms with Gasteiger partial charge in [-0.05, 0) is 31.4 Å². The normalized spacial score (nSPS) is 15.0. The van der Waals surface area contributed by atoms with Crippen molar-refractivity contribution in [2.24, 2.45) is 0 Å². The largest absolute Gasteiger partial charge is 0.490 e. The highest BCUT2D eigenvalue weighted by Crippen LogP contribution is 2.28. The molecule has 1 fully saturated rings. The molecule has 0 spiro atoms. The first kappa shape index (κ1) is 17.0. The van der Waals surface area contributed by atoms with Crippen LogP contribution in [0.15, 0.2) is 29.6 Å². The first-order chi connectivity index (χ1) is 11.4. The fourth-order valence-corrected chi connectivity index (χ4v) is 3.37. The lowest BCUT2D eigenvalue weighted by atomic mass is 9.93. The van der Waals surface area contributed by atoms with E-state index in [1.54, 1.807) is 11.3 Å². The Balaban J connectivity index is 1.63. The van der Waals surface area contributed by atoms with Gasteiger partial charge in [-0.15, -0.1) is 11.3 Å². The predicted molar refractivity (Wildman–Crippen MR) is 96.7 cm³/mol. The van der Waals surface area contributed by atoms with Gasteiger partial charge >= 0.3 is 0 Å². The molecule has 0 saturated heterocycles. The Morgan fingerprint density at radius 1 is 1.33 bits per heavy atom. The molecule has 5 heteroatoms. The molecular formula is C19H24N2O2S. The monoisotopic (exact) mass is 344 g/mol. The van der Waals surface area contributed by atoms with Crippen molar-refractivity contribution in [3.8, 4) is 5.75 Å². The lowest BCUT2D eigenvalue weighted by molar-refractivity contribution is 0.0925. The molecule has 0 aliphatic heterocycles. The van der Waals surface area contributed by atoms with Gasteiger partial charge in [-0.3, -0.25) is 4.79 Å². The third-order valence-electron chi connectivity index (χ3n) is 4.20. The molecule has 0 bridgehead atoms. The Morgan fingerprint density at radius 2 is 2.08 bits per heavy atom. The highest BCUT2D eigenvalue weighted by Gasteiger charge is 2.22. The second-order valence-corrected chi connectivity index (χ2v) is 8.17. The number of benzene rings is 1. The average molecular weight is 344 g/mol. The zero-order valence-electron chi connectivity index (χ0n) is 14.5. The minimum Gasteiger partial charge on any atom is -0.490 e. The van der Waals surface area contributed by atoms with Crippen LogP contribution >= 0.6 is 11.3 Å². The molecule has 0 radical (unpaired) electrons. The lowest BCUT2D eigenvalue weighted by Crippen LogP contribution is -2.27. The second-order valence-electron chi connectivity index (χ2n) is 7.23. The molecule has 1 heterocycles. The topological polar surface area (TPSA) is 51.2 Å². The number of carbonyl (C=O) groups excluding carboxylic acids is 1. The van der Waals surface area contributed by atoms with Crippen LogP contribution < -0.4 is 10.1 Å². The summed E-state index contributed by atoms with van der Waals surface area (Å²) >= 11 is 1.58. The van der Waals surface area contributed by atoms with Crippen LogP contribution in [0.2, 0.25) is 0 Å². The van der Waals surface area contributed by atoms with Crippen LogP contribution in [0.25, 0.3) is 0 Å². The summed E-state index contributed by atoms with van der Waals surface area (Å²) in [6.45, 7) is 6.85. The summed E-state index contributed by atoms with van der Waals surface area (Å²) in [7, 11) is 0. The van der Waals surface area contributed by atoms with Crippen molar-refractivity contribution in [1.82, 2.24) is 10.3 Å². The molecule has 1 saturated carbocycles. The van der Waals surface area contributed by atoms with Gasteiger partial charge in [-0.1, -0.05) is 32.9 Å². The maximum atomic E-state index is 12.5. The average Bonchev–Trinajstić information content (AvgIpc) is 2.98. The van der Waals surface area contributed by atoms with Crippen molar-refractivity contribution >= 4 is 17.2 Å². The standard InChI is InChI=1S/C19H24N2O2S/c1-19(2,3)16-12-24-17(21-16)11-20-18(22)14-9-4-5-10-15(14)23-13-7-6-8-13/h4-5,9-10,12-13H,6-8,11H2,1-3H3,(H,20,22). The molecule has 0 unspecified atom stereocenters. The molecule has 1 N–H and O–H groups in total. The fourth-order valence-electron chi connectivity index (χ4n) is 2.41. The van der Waals surface area contributed by atoms with Crippen LogP contribution in [0.1, 0.15) is 61.1 Å². The van der Waals surface area contributed by atoms with Crippen molar-refractivity contribution in [2.75, 3.05) is 0 Å². The van der Waals surface area contributed by atoms with E-state index >= 15 is 0 Å². The Kier molecular flexibility index (Phi) is 4.90. The zero-order chi connectivity index (χ0) is 17.2. The second kappa shape index (κ2) is 6.93. The van der Waals surface area contributed by atoms with Crippen molar-refractivity contribution in [3.63, 3.8) is 0 Å². The van der Waals surface area contributed by atoms with E-state index in [-0.39, 0.29) is 17.4 Å². The Morgan fingerprint density at radius 3 is 2.71 bits per heavy atom. The van der Waals surface area contributed by atoms with Gasteiger partial charge < -0.3 is 10.1 Å². The molecule has 3 rings (SSSR count). The maximum Gasteiger partial charge on any atom is 0.255 e. The minimum absolute atomic E-state index is 0.0297. The molecule has 4 nitrogen and oxygen atoms in total. The molecule has 1 aromatic heterocycles. The molecule has 0 atom stereocenters. The SMILES string of the molecule is CC(C)(C)c1csc(CNC(=O)c2ccccc2OC2CCC2)n1. The van der Waals surface area contributed by atoms with E-state index in [2.05, 4.69) is 36.5 Å². The van der Waals surface area contributed by atoms with E-state index in [1.165, 1.54) is 6.42 Å².